The van der Waals surface area contributed by atoms with Crippen LogP contribution in [0.15, 0.2) is 29.2 Å². The number of piperazine rings is 1. The van der Waals surface area contributed by atoms with E-state index in [1.54, 1.807) is 4.90 Å². The first kappa shape index (κ1) is 16.9. The number of benzene rings is 1. The van der Waals surface area contributed by atoms with Crippen LogP contribution >= 0.6 is 0 Å². The normalized spacial score (nSPS) is 20.1. The van der Waals surface area contributed by atoms with E-state index in [0.29, 0.717) is 6.54 Å². The van der Waals surface area contributed by atoms with E-state index in [1.165, 1.54) is 30.5 Å². The number of ether oxygens (including phenoxy) is 1. The second-order valence-electron chi connectivity index (χ2n) is 5.14. The van der Waals surface area contributed by atoms with Crippen LogP contribution in [0.25, 0.3) is 0 Å². The minimum atomic E-state index is -3.75. The third-order valence-corrected chi connectivity index (χ3v) is 5.62. The van der Waals surface area contributed by atoms with Crippen molar-refractivity contribution >= 4 is 15.9 Å². The Hall–Kier alpha value is -1.51. The number of carbonyl (C=O) groups is 1. The molecule has 1 aromatic carbocycles. The lowest BCUT2D eigenvalue weighted by atomic mass is 10.2. The van der Waals surface area contributed by atoms with Gasteiger partial charge in [0.2, 0.25) is 15.9 Å². The Morgan fingerprint density at radius 1 is 1.32 bits per heavy atom. The minimum absolute atomic E-state index is 0.0336. The van der Waals surface area contributed by atoms with Gasteiger partial charge in [0.15, 0.2) is 0 Å². The molecule has 22 heavy (non-hydrogen) atoms. The van der Waals surface area contributed by atoms with Crippen molar-refractivity contribution in [3.63, 3.8) is 0 Å². The van der Waals surface area contributed by atoms with E-state index >= 15 is 0 Å². The monoisotopic (exact) mass is 330 g/mol. The lowest BCUT2D eigenvalue weighted by molar-refractivity contribution is -0.131. The molecule has 0 spiro atoms. The van der Waals surface area contributed by atoms with Crippen LogP contribution in [-0.2, 0) is 19.6 Å². The summed E-state index contributed by atoms with van der Waals surface area (Å²) < 4.78 is 44.8. The summed E-state index contributed by atoms with van der Waals surface area (Å²) in [5.41, 5.74) is 0. The Morgan fingerprint density at radius 2 is 1.95 bits per heavy atom. The van der Waals surface area contributed by atoms with Crippen LogP contribution < -0.4 is 0 Å². The zero-order chi connectivity index (χ0) is 16.3. The molecule has 1 saturated heterocycles. The van der Waals surface area contributed by atoms with Gasteiger partial charge in [0.05, 0.1) is 17.5 Å². The van der Waals surface area contributed by atoms with E-state index in [2.05, 4.69) is 0 Å². The van der Waals surface area contributed by atoms with Crippen LogP contribution in [0.5, 0.6) is 0 Å². The quantitative estimate of drug-likeness (QED) is 0.815. The number of methoxy groups -OCH3 is 1. The van der Waals surface area contributed by atoms with E-state index in [0.717, 1.165) is 12.1 Å². The van der Waals surface area contributed by atoms with Gasteiger partial charge in [0.25, 0.3) is 0 Å². The Bertz CT molecular complexity index is 633. The predicted octanol–water partition coefficient (Wildman–Crippen LogP) is 0.693. The van der Waals surface area contributed by atoms with Gasteiger partial charge in [0.1, 0.15) is 5.82 Å². The fraction of sp³-hybridized carbons (Fsp3) is 0.500. The van der Waals surface area contributed by atoms with Crippen molar-refractivity contribution in [2.24, 2.45) is 0 Å². The molecule has 1 unspecified atom stereocenters. The molecule has 0 saturated carbocycles. The minimum Gasteiger partial charge on any atom is -0.383 e. The summed E-state index contributed by atoms with van der Waals surface area (Å²) in [5.74, 6) is -0.589. The number of carbonyl (C=O) groups excluding carboxylic acids is 1. The molecule has 8 heteroatoms. The molecular formula is C14H19FN2O4S. The van der Waals surface area contributed by atoms with Crippen molar-refractivity contribution in [2.75, 3.05) is 33.4 Å². The third kappa shape index (κ3) is 3.45. The van der Waals surface area contributed by atoms with Gasteiger partial charge in [-0.25, -0.2) is 12.8 Å². The molecule has 1 heterocycles. The highest BCUT2D eigenvalue weighted by molar-refractivity contribution is 7.89. The maximum absolute atomic E-state index is 13.0. The molecule has 0 radical (unpaired) electrons. The first-order valence-electron chi connectivity index (χ1n) is 6.88. The fourth-order valence-electron chi connectivity index (χ4n) is 2.51. The number of amides is 1. The van der Waals surface area contributed by atoms with Crippen molar-refractivity contribution in [1.82, 2.24) is 9.21 Å². The van der Waals surface area contributed by atoms with Gasteiger partial charge in [-0.3, -0.25) is 4.79 Å². The van der Waals surface area contributed by atoms with E-state index in [9.17, 15) is 17.6 Å². The Kier molecular flexibility index (Phi) is 5.15. The maximum atomic E-state index is 13.0. The summed E-state index contributed by atoms with van der Waals surface area (Å²) in [7, 11) is -2.27. The second-order valence-corrected chi connectivity index (χ2v) is 7.03. The number of nitrogens with zero attached hydrogens (tertiary/aromatic N) is 2. The predicted molar refractivity (Wildman–Crippen MR) is 78.2 cm³/mol. The average Bonchev–Trinajstić information content (AvgIpc) is 2.47. The summed E-state index contributed by atoms with van der Waals surface area (Å²) in [4.78, 5) is 13.1. The van der Waals surface area contributed by atoms with Gasteiger partial charge in [-0.15, -0.1) is 0 Å². The van der Waals surface area contributed by atoms with Crippen molar-refractivity contribution < 1.29 is 22.3 Å². The number of halogens is 1. The topological polar surface area (TPSA) is 66.9 Å². The van der Waals surface area contributed by atoms with Gasteiger partial charge < -0.3 is 9.64 Å². The number of sulfonamides is 1. The molecule has 0 aliphatic carbocycles. The smallest absolute Gasteiger partial charge is 0.243 e. The van der Waals surface area contributed by atoms with E-state index in [1.807, 2.05) is 0 Å². The fourth-order valence-corrected chi connectivity index (χ4v) is 4.10. The maximum Gasteiger partial charge on any atom is 0.243 e. The molecule has 0 N–H and O–H groups in total. The van der Waals surface area contributed by atoms with E-state index in [4.69, 9.17) is 4.74 Å². The van der Waals surface area contributed by atoms with Gasteiger partial charge in [-0.2, -0.15) is 4.31 Å². The van der Waals surface area contributed by atoms with Crippen molar-refractivity contribution in [2.45, 2.75) is 17.9 Å². The molecule has 1 amide bonds. The molecule has 1 aromatic rings. The molecule has 122 valence electrons. The Morgan fingerprint density at radius 3 is 2.50 bits per heavy atom. The van der Waals surface area contributed by atoms with E-state index < -0.39 is 21.9 Å². The lowest BCUT2D eigenvalue weighted by Crippen LogP contribution is -2.57. The van der Waals surface area contributed by atoms with Crippen LogP contribution in [0, 0.1) is 5.82 Å². The number of hydrogen-bond donors (Lipinski definition) is 0. The van der Waals surface area contributed by atoms with Crippen LogP contribution in [0.4, 0.5) is 4.39 Å². The molecule has 0 bridgehead atoms. The second kappa shape index (κ2) is 6.72. The van der Waals surface area contributed by atoms with Gasteiger partial charge in [0, 0.05) is 33.7 Å². The van der Waals surface area contributed by atoms with Gasteiger partial charge in [-0.05, 0) is 24.3 Å². The number of hydrogen-bond acceptors (Lipinski definition) is 4. The zero-order valence-electron chi connectivity index (χ0n) is 12.5. The van der Waals surface area contributed by atoms with Crippen LogP contribution in [-0.4, -0.2) is 62.9 Å². The van der Waals surface area contributed by atoms with Crippen LogP contribution in [0.3, 0.4) is 0 Å². The average molecular weight is 330 g/mol. The van der Waals surface area contributed by atoms with Gasteiger partial charge >= 0.3 is 0 Å². The molecule has 6 nitrogen and oxygen atoms in total. The van der Waals surface area contributed by atoms with Crippen molar-refractivity contribution in [3.05, 3.63) is 30.1 Å². The zero-order valence-corrected chi connectivity index (χ0v) is 13.3. The first-order chi connectivity index (χ1) is 10.4. The largest absolute Gasteiger partial charge is 0.383 e. The molecule has 1 atom stereocenters. The summed E-state index contributed by atoms with van der Waals surface area (Å²) in [5, 5.41) is 0. The summed E-state index contributed by atoms with van der Waals surface area (Å²) in [6.45, 7) is 2.44. The van der Waals surface area contributed by atoms with Crippen LogP contribution in [0.2, 0.25) is 0 Å². The SMILES string of the molecule is COCC1CN(C(C)=O)CCN1S(=O)(=O)c1ccc(F)cc1. The van der Waals surface area contributed by atoms with Crippen LogP contribution in [0.1, 0.15) is 6.92 Å². The lowest BCUT2D eigenvalue weighted by Gasteiger charge is -2.39. The molecule has 1 fully saturated rings. The first-order valence-corrected chi connectivity index (χ1v) is 8.32. The Balaban J connectivity index is 2.28. The van der Waals surface area contributed by atoms with Crippen molar-refractivity contribution in [3.8, 4) is 0 Å². The standard InChI is InChI=1S/C14H19FN2O4S/c1-11(18)16-7-8-17(13(9-16)10-21-2)22(19,20)14-5-3-12(15)4-6-14/h3-6,13H,7-10H2,1-2H3. The highest BCUT2D eigenvalue weighted by Crippen LogP contribution is 2.22. The molecular weight excluding hydrogens is 311 g/mol. The van der Waals surface area contributed by atoms with E-state index in [-0.39, 0.29) is 30.5 Å². The number of rotatable bonds is 4. The van der Waals surface area contributed by atoms with Gasteiger partial charge in [-0.1, -0.05) is 0 Å². The summed E-state index contributed by atoms with van der Waals surface area (Å²) >= 11 is 0. The highest BCUT2D eigenvalue weighted by Gasteiger charge is 2.36. The molecule has 1 aliphatic rings. The summed E-state index contributed by atoms with van der Waals surface area (Å²) in [6, 6.07) is 4.25. The third-order valence-electron chi connectivity index (χ3n) is 3.65. The highest BCUT2D eigenvalue weighted by atomic mass is 32.2. The molecule has 2 rings (SSSR count). The Labute approximate surface area is 129 Å². The molecule has 1 aliphatic heterocycles. The van der Waals surface area contributed by atoms with Crippen molar-refractivity contribution in [1.29, 1.82) is 0 Å². The molecule has 0 aromatic heterocycles. The summed E-state index contributed by atoms with van der Waals surface area (Å²) in [6.07, 6.45) is 0.